The molecule has 16 heavy (non-hydrogen) atoms. The summed E-state index contributed by atoms with van der Waals surface area (Å²) in [6, 6.07) is 0. The van der Waals surface area contributed by atoms with Crippen LogP contribution < -0.4 is 5.73 Å². The summed E-state index contributed by atoms with van der Waals surface area (Å²) in [6.45, 7) is -0.632. The molecule has 8 heteroatoms. The molecule has 2 unspecified atom stereocenters. The van der Waals surface area contributed by atoms with Gasteiger partial charge in [0.05, 0.1) is 6.61 Å². The summed E-state index contributed by atoms with van der Waals surface area (Å²) in [5.74, 6) is -1.13. The Morgan fingerprint density at radius 3 is 2.25 bits per heavy atom. The highest BCUT2D eigenvalue weighted by Crippen LogP contribution is 2.23. The van der Waals surface area contributed by atoms with Gasteiger partial charge in [-0.2, -0.15) is 0 Å². The van der Waals surface area contributed by atoms with Crippen LogP contribution in [0.3, 0.4) is 0 Å². The van der Waals surface area contributed by atoms with Crippen LogP contribution in [0.5, 0.6) is 0 Å². The second-order valence-corrected chi connectivity index (χ2v) is 3.64. The van der Waals surface area contributed by atoms with Crippen molar-refractivity contribution in [3.8, 4) is 0 Å². The highest BCUT2D eigenvalue weighted by molar-refractivity contribution is 5.79. The molecule has 7 N–H and O–H groups in total. The van der Waals surface area contributed by atoms with Gasteiger partial charge >= 0.3 is 0 Å². The van der Waals surface area contributed by atoms with E-state index in [1.54, 1.807) is 0 Å². The van der Waals surface area contributed by atoms with Gasteiger partial charge in [-0.3, -0.25) is 4.79 Å². The fraction of sp³-hybridized carbons (Fsp3) is 0.875. The molecule has 0 aromatic carbocycles. The van der Waals surface area contributed by atoms with Crippen molar-refractivity contribution < 1.29 is 35.1 Å². The van der Waals surface area contributed by atoms with Crippen molar-refractivity contribution in [2.24, 2.45) is 5.73 Å². The number of carbonyl (C=O) groups excluding carboxylic acids is 1. The van der Waals surface area contributed by atoms with Crippen LogP contribution in [0.4, 0.5) is 0 Å². The zero-order valence-electron chi connectivity index (χ0n) is 8.30. The van der Waals surface area contributed by atoms with E-state index in [0.717, 1.165) is 0 Å². The smallest absolute Gasteiger partial charge is 0.249 e. The molecule has 1 heterocycles. The van der Waals surface area contributed by atoms with Crippen LogP contribution in [0.25, 0.3) is 0 Å². The summed E-state index contributed by atoms with van der Waals surface area (Å²) in [4.78, 5) is 10.7. The van der Waals surface area contributed by atoms with Crippen LogP contribution in [0, 0.1) is 0 Å². The summed E-state index contributed by atoms with van der Waals surface area (Å²) >= 11 is 0. The fourth-order valence-corrected chi connectivity index (χ4v) is 1.55. The molecule has 1 aliphatic heterocycles. The van der Waals surface area contributed by atoms with Crippen LogP contribution in [-0.4, -0.2) is 74.7 Å². The zero-order chi connectivity index (χ0) is 12.5. The normalized spacial score (nSPS) is 41.7. The lowest BCUT2D eigenvalue weighted by atomic mass is 9.92. The molecule has 0 radical (unpaired) electrons. The molecule has 6 atom stereocenters. The van der Waals surface area contributed by atoms with Gasteiger partial charge in [-0.25, -0.2) is 0 Å². The van der Waals surface area contributed by atoms with E-state index in [4.69, 9.17) is 15.6 Å². The highest BCUT2D eigenvalue weighted by atomic mass is 16.6. The minimum Gasteiger partial charge on any atom is -0.394 e. The Kier molecular flexibility index (Phi) is 4.19. The Balaban J connectivity index is 2.82. The number of ether oxygens (including phenoxy) is 1. The van der Waals surface area contributed by atoms with Gasteiger partial charge in [-0.15, -0.1) is 0 Å². The average molecular weight is 237 g/mol. The van der Waals surface area contributed by atoms with Crippen molar-refractivity contribution in [1.82, 2.24) is 0 Å². The third kappa shape index (κ3) is 2.32. The van der Waals surface area contributed by atoms with Crippen LogP contribution in [0.2, 0.25) is 0 Å². The second kappa shape index (κ2) is 5.04. The molecule has 0 aliphatic carbocycles. The van der Waals surface area contributed by atoms with E-state index in [1.165, 1.54) is 0 Å². The number of hydrogen-bond acceptors (Lipinski definition) is 7. The number of aliphatic hydroxyl groups excluding tert-OH is 5. The van der Waals surface area contributed by atoms with Crippen LogP contribution in [0.1, 0.15) is 0 Å². The standard InChI is InChI=1S/C8H15NO7/c9-8(15)6(14)7-5(13)4(12)3(11)2(1-10)16-7/h2-7,10-14H,1H2,(H2,9,15)/t2-,3+,4+,5-,6?,7?/m1/s1. The molecular formula is C8H15NO7. The van der Waals surface area contributed by atoms with E-state index in [2.05, 4.69) is 0 Å². The third-order valence-electron chi connectivity index (χ3n) is 2.53. The molecule has 1 saturated heterocycles. The van der Waals surface area contributed by atoms with Crippen LogP contribution in [-0.2, 0) is 9.53 Å². The van der Waals surface area contributed by atoms with E-state index >= 15 is 0 Å². The second-order valence-electron chi connectivity index (χ2n) is 3.64. The number of nitrogens with two attached hydrogens (primary N) is 1. The van der Waals surface area contributed by atoms with Crippen LogP contribution in [0.15, 0.2) is 0 Å². The first kappa shape index (κ1) is 13.3. The van der Waals surface area contributed by atoms with Gasteiger partial charge in [0.25, 0.3) is 0 Å². The van der Waals surface area contributed by atoms with Crippen molar-refractivity contribution in [3.05, 3.63) is 0 Å². The van der Waals surface area contributed by atoms with E-state index in [0.29, 0.717) is 0 Å². The van der Waals surface area contributed by atoms with E-state index in [1.807, 2.05) is 0 Å². The summed E-state index contributed by atoms with van der Waals surface area (Å²) in [5, 5.41) is 46.3. The average Bonchev–Trinajstić information content (AvgIpc) is 2.25. The van der Waals surface area contributed by atoms with Crippen molar-refractivity contribution in [1.29, 1.82) is 0 Å². The molecule has 0 aromatic heterocycles. The van der Waals surface area contributed by atoms with Gasteiger partial charge in [-0.1, -0.05) is 0 Å². The first-order chi connectivity index (χ1) is 7.40. The van der Waals surface area contributed by atoms with Gasteiger partial charge in [0.2, 0.25) is 5.91 Å². The predicted octanol–water partition coefficient (Wildman–Crippen LogP) is -4.32. The van der Waals surface area contributed by atoms with Crippen molar-refractivity contribution in [2.45, 2.75) is 36.6 Å². The maximum atomic E-state index is 10.7. The molecule has 1 amide bonds. The minimum atomic E-state index is -1.83. The van der Waals surface area contributed by atoms with Gasteiger partial charge < -0.3 is 36.0 Å². The number of hydrogen-bond donors (Lipinski definition) is 6. The number of primary amides is 1. The Morgan fingerprint density at radius 2 is 1.81 bits per heavy atom. The fourth-order valence-electron chi connectivity index (χ4n) is 1.55. The molecule has 0 spiro atoms. The molecule has 94 valence electrons. The number of aliphatic hydroxyl groups is 5. The number of amides is 1. The zero-order valence-corrected chi connectivity index (χ0v) is 8.30. The van der Waals surface area contributed by atoms with E-state index < -0.39 is 49.1 Å². The van der Waals surface area contributed by atoms with Crippen molar-refractivity contribution in [2.75, 3.05) is 6.61 Å². The van der Waals surface area contributed by atoms with Crippen molar-refractivity contribution in [3.63, 3.8) is 0 Å². The summed E-state index contributed by atoms with van der Waals surface area (Å²) in [7, 11) is 0. The van der Waals surface area contributed by atoms with Gasteiger partial charge in [0, 0.05) is 0 Å². The minimum absolute atomic E-state index is 0.632. The SMILES string of the molecule is NC(=O)C(O)C1O[C@H](CO)[C@H](O)[C@H](O)[C@H]1O. The summed E-state index contributed by atoms with van der Waals surface area (Å²) in [6.07, 6.45) is -9.31. The van der Waals surface area contributed by atoms with Crippen LogP contribution >= 0.6 is 0 Å². The summed E-state index contributed by atoms with van der Waals surface area (Å²) in [5.41, 5.74) is 4.81. The van der Waals surface area contributed by atoms with Crippen molar-refractivity contribution >= 4 is 5.91 Å². The molecule has 0 saturated carbocycles. The lowest BCUT2D eigenvalue weighted by molar-refractivity contribution is -0.246. The molecule has 0 bridgehead atoms. The van der Waals surface area contributed by atoms with Gasteiger partial charge in [0.15, 0.2) is 6.10 Å². The van der Waals surface area contributed by atoms with Gasteiger partial charge in [0.1, 0.15) is 30.5 Å². The largest absolute Gasteiger partial charge is 0.394 e. The first-order valence-electron chi connectivity index (χ1n) is 4.68. The van der Waals surface area contributed by atoms with E-state index in [-0.39, 0.29) is 0 Å². The molecular weight excluding hydrogens is 222 g/mol. The maximum absolute atomic E-state index is 10.7. The first-order valence-corrected chi connectivity index (χ1v) is 4.68. The quantitative estimate of drug-likeness (QED) is 0.290. The maximum Gasteiger partial charge on any atom is 0.249 e. The van der Waals surface area contributed by atoms with E-state index in [9.17, 15) is 25.2 Å². The summed E-state index contributed by atoms with van der Waals surface area (Å²) < 4.78 is 4.89. The molecule has 0 aromatic rings. The Labute approximate surface area is 90.9 Å². The monoisotopic (exact) mass is 237 g/mol. The topological polar surface area (TPSA) is 153 Å². The Hall–Kier alpha value is -0.770. The van der Waals surface area contributed by atoms with Gasteiger partial charge in [-0.05, 0) is 0 Å². The third-order valence-corrected chi connectivity index (χ3v) is 2.53. The molecule has 1 fully saturated rings. The lowest BCUT2D eigenvalue weighted by Gasteiger charge is -2.41. The number of rotatable bonds is 3. The Bertz CT molecular complexity index is 259. The molecule has 8 nitrogen and oxygen atoms in total. The predicted molar refractivity (Wildman–Crippen MR) is 49.0 cm³/mol. The lowest BCUT2D eigenvalue weighted by Crippen LogP contribution is -2.63. The highest BCUT2D eigenvalue weighted by Gasteiger charge is 2.47. The number of carbonyl (C=O) groups is 1. The molecule has 1 aliphatic rings. The molecule has 1 rings (SSSR count). The Morgan fingerprint density at radius 1 is 1.25 bits per heavy atom.